The predicted octanol–water partition coefficient (Wildman–Crippen LogP) is 3.32. The zero-order valence-electron chi connectivity index (χ0n) is 14.1. The van der Waals surface area contributed by atoms with Gasteiger partial charge in [-0.1, -0.05) is 30.3 Å². The standard InChI is InChI=1S/C19H20N2O3S/c1-25-17-15(10-7-11-20-17)19(23)24-16(14-8-3-2-4-9-14)18(22)21-12-5-6-13-21/h2-4,7-11,16H,5-6,12-13H2,1H3/t16-/m1/s1. The van der Waals surface area contributed by atoms with E-state index in [1.807, 2.05) is 36.6 Å². The number of aromatic nitrogens is 1. The van der Waals surface area contributed by atoms with Gasteiger partial charge < -0.3 is 9.64 Å². The van der Waals surface area contributed by atoms with Gasteiger partial charge >= 0.3 is 5.97 Å². The Bertz CT molecular complexity index is 745. The van der Waals surface area contributed by atoms with Crippen molar-refractivity contribution in [2.24, 2.45) is 0 Å². The number of likely N-dealkylation sites (tertiary alicyclic amines) is 1. The Morgan fingerprint density at radius 1 is 1.12 bits per heavy atom. The summed E-state index contributed by atoms with van der Waals surface area (Å²) >= 11 is 1.37. The third-order valence-electron chi connectivity index (χ3n) is 4.15. The maximum atomic E-state index is 12.9. The molecule has 0 aliphatic carbocycles. The Balaban J connectivity index is 1.87. The third-order valence-corrected chi connectivity index (χ3v) is 4.87. The van der Waals surface area contributed by atoms with Crippen molar-refractivity contribution < 1.29 is 14.3 Å². The monoisotopic (exact) mass is 356 g/mol. The van der Waals surface area contributed by atoms with E-state index < -0.39 is 12.1 Å². The molecule has 0 saturated carbocycles. The second-order valence-corrected chi connectivity index (χ2v) is 6.58. The lowest BCUT2D eigenvalue weighted by molar-refractivity contribution is -0.140. The fourth-order valence-corrected chi connectivity index (χ4v) is 3.41. The molecule has 0 bridgehead atoms. The number of nitrogens with zero attached hydrogens (tertiary/aromatic N) is 2. The number of esters is 1. The van der Waals surface area contributed by atoms with E-state index in [0.29, 0.717) is 29.2 Å². The van der Waals surface area contributed by atoms with Crippen LogP contribution in [0.2, 0.25) is 0 Å². The highest BCUT2D eigenvalue weighted by atomic mass is 32.2. The first-order valence-electron chi connectivity index (χ1n) is 8.24. The largest absolute Gasteiger partial charge is 0.444 e. The molecule has 1 aromatic heterocycles. The van der Waals surface area contributed by atoms with Crippen molar-refractivity contribution in [2.45, 2.75) is 24.0 Å². The molecule has 0 radical (unpaired) electrons. The van der Waals surface area contributed by atoms with Gasteiger partial charge in [0.15, 0.2) is 0 Å². The predicted molar refractivity (Wildman–Crippen MR) is 96.4 cm³/mol. The average molecular weight is 356 g/mol. The molecule has 130 valence electrons. The highest BCUT2D eigenvalue weighted by Gasteiger charge is 2.31. The van der Waals surface area contributed by atoms with Crippen molar-refractivity contribution in [3.05, 3.63) is 59.8 Å². The van der Waals surface area contributed by atoms with Crippen LogP contribution < -0.4 is 0 Å². The summed E-state index contributed by atoms with van der Waals surface area (Å²) in [5.74, 6) is -0.689. The normalized spacial score (nSPS) is 15.0. The first kappa shape index (κ1) is 17.5. The number of pyridine rings is 1. The van der Waals surface area contributed by atoms with E-state index in [9.17, 15) is 9.59 Å². The van der Waals surface area contributed by atoms with Gasteiger partial charge in [0.2, 0.25) is 6.10 Å². The molecule has 25 heavy (non-hydrogen) atoms. The van der Waals surface area contributed by atoms with Gasteiger partial charge in [0.1, 0.15) is 5.03 Å². The van der Waals surface area contributed by atoms with Crippen molar-refractivity contribution in [3.8, 4) is 0 Å². The van der Waals surface area contributed by atoms with Gasteiger partial charge in [0.05, 0.1) is 5.56 Å². The number of hydrogen-bond donors (Lipinski definition) is 0. The molecule has 1 saturated heterocycles. The van der Waals surface area contributed by atoms with Crippen LogP contribution in [0.5, 0.6) is 0 Å². The van der Waals surface area contributed by atoms with Crippen LogP contribution in [0, 0.1) is 0 Å². The third kappa shape index (κ3) is 4.02. The number of carbonyl (C=O) groups is 2. The van der Waals surface area contributed by atoms with Gasteiger partial charge in [-0.25, -0.2) is 9.78 Å². The summed E-state index contributed by atoms with van der Waals surface area (Å²) in [6.07, 6.45) is 4.53. The van der Waals surface area contributed by atoms with Crippen molar-refractivity contribution in [2.75, 3.05) is 19.3 Å². The molecule has 1 fully saturated rings. The van der Waals surface area contributed by atoms with Crippen LogP contribution in [0.4, 0.5) is 0 Å². The summed E-state index contributed by atoms with van der Waals surface area (Å²) in [4.78, 5) is 31.5. The molecule has 1 aromatic carbocycles. The first-order valence-corrected chi connectivity index (χ1v) is 9.47. The van der Waals surface area contributed by atoms with E-state index in [2.05, 4.69) is 4.98 Å². The number of carbonyl (C=O) groups excluding carboxylic acids is 2. The smallest absolute Gasteiger partial charge is 0.342 e. The Labute approximate surface area is 151 Å². The minimum absolute atomic E-state index is 0.161. The first-order chi connectivity index (χ1) is 12.2. The van der Waals surface area contributed by atoms with E-state index in [0.717, 1.165) is 12.8 Å². The molecule has 2 aromatic rings. The molecule has 1 aliphatic heterocycles. The molecule has 6 heteroatoms. The van der Waals surface area contributed by atoms with Gasteiger partial charge in [-0.2, -0.15) is 0 Å². The second kappa shape index (κ2) is 8.16. The minimum atomic E-state index is -0.929. The van der Waals surface area contributed by atoms with Gasteiger partial charge in [0, 0.05) is 24.8 Å². The topological polar surface area (TPSA) is 59.5 Å². The number of rotatable bonds is 5. The van der Waals surface area contributed by atoms with Crippen LogP contribution in [0.1, 0.15) is 34.9 Å². The lowest BCUT2D eigenvalue weighted by Gasteiger charge is -2.23. The van der Waals surface area contributed by atoms with Gasteiger partial charge in [-0.3, -0.25) is 4.79 Å². The van der Waals surface area contributed by atoms with Crippen LogP contribution in [0.15, 0.2) is 53.7 Å². The SMILES string of the molecule is CSc1ncccc1C(=O)O[C@@H](C(=O)N1CCCC1)c1ccccc1. The highest BCUT2D eigenvalue weighted by molar-refractivity contribution is 7.98. The molecule has 0 N–H and O–H groups in total. The van der Waals surface area contributed by atoms with Crippen LogP contribution in [0.25, 0.3) is 0 Å². The van der Waals surface area contributed by atoms with Crippen molar-refractivity contribution in [3.63, 3.8) is 0 Å². The maximum Gasteiger partial charge on any atom is 0.342 e. The number of thioether (sulfide) groups is 1. The Morgan fingerprint density at radius 2 is 1.84 bits per heavy atom. The van der Waals surface area contributed by atoms with E-state index in [4.69, 9.17) is 4.74 Å². The van der Waals surface area contributed by atoms with Gasteiger partial charge in [-0.15, -0.1) is 11.8 Å². The summed E-state index contributed by atoms with van der Waals surface area (Å²) in [6.45, 7) is 1.42. The molecule has 3 rings (SSSR count). The molecule has 5 nitrogen and oxygen atoms in total. The Hall–Kier alpha value is -2.34. The molecule has 1 atom stereocenters. The summed E-state index contributed by atoms with van der Waals surface area (Å²) < 4.78 is 5.66. The van der Waals surface area contributed by atoms with E-state index >= 15 is 0 Å². The van der Waals surface area contributed by atoms with Gasteiger partial charge in [-0.05, 0) is 31.2 Å². The van der Waals surface area contributed by atoms with E-state index in [1.54, 1.807) is 23.2 Å². The number of ether oxygens (including phenoxy) is 1. The maximum absolute atomic E-state index is 12.9. The summed E-state index contributed by atoms with van der Waals surface area (Å²) in [5.41, 5.74) is 1.06. The van der Waals surface area contributed by atoms with E-state index in [-0.39, 0.29) is 5.91 Å². The van der Waals surface area contributed by atoms with Crippen LogP contribution >= 0.6 is 11.8 Å². The second-order valence-electron chi connectivity index (χ2n) is 5.79. The summed E-state index contributed by atoms with van der Waals surface area (Å²) in [5, 5.41) is 0.591. The Morgan fingerprint density at radius 3 is 2.52 bits per heavy atom. The fraction of sp³-hybridized carbons (Fsp3) is 0.316. The average Bonchev–Trinajstić information content (AvgIpc) is 3.21. The summed E-state index contributed by atoms with van der Waals surface area (Å²) in [6, 6.07) is 12.5. The minimum Gasteiger partial charge on any atom is -0.444 e. The molecular formula is C19H20N2O3S. The van der Waals surface area contributed by atoms with Crippen molar-refractivity contribution in [1.29, 1.82) is 0 Å². The van der Waals surface area contributed by atoms with Crippen molar-refractivity contribution in [1.82, 2.24) is 9.88 Å². The number of amides is 1. The zero-order chi connectivity index (χ0) is 17.6. The molecule has 1 amide bonds. The highest BCUT2D eigenvalue weighted by Crippen LogP contribution is 2.26. The van der Waals surface area contributed by atoms with Crippen LogP contribution in [-0.2, 0) is 9.53 Å². The van der Waals surface area contributed by atoms with Crippen LogP contribution in [0.3, 0.4) is 0 Å². The lowest BCUT2D eigenvalue weighted by Crippen LogP contribution is -2.35. The van der Waals surface area contributed by atoms with Crippen molar-refractivity contribution >= 4 is 23.6 Å². The van der Waals surface area contributed by atoms with E-state index in [1.165, 1.54) is 11.8 Å². The quantitative estimate of drug-likeness (QED) is 0.607. The fourth-order valence-electron chi connectivity index (χ4n) is 2.87. The molecule has 1 aliphatic rings. The van der Waals surface area contributed by atoms with Crippen LogP contribution in [-0.4, -0.2) is 41.1 Å². The number of benzene rings is 1. The summed E-state index contributed by atoms with van der Waals surface area (Å²) in [7, 11) is 0. The Kier molecular flexibility index (Phi) is 5.71. The number of hydrogen-bond acceptors (Lipinski definition) is 5. The molecular weight excluding hydrogens is 336 g/mol. The lowest BCUT2D eigenvalue weighted by atomic mass is 10.1. The zero-order valence-corrected chi connectivity index (χ0v) is 14.9. The van der Waals surface area contributed by atoms with Gasteiger partial charge in [0.25, 0.3) is 5.91 Å². The molecule has 2 heterocycles. The molecule has 0 spiro atoms. The molecule has 0 unspecified atom stereocenters.